The molecule has 0 saturated carbocycles. The minimum atomic E-state index is -3.05. The predicted octanol–water partition coefficient (Wildman–Crippen LogP) is 4.04. The molecule has 1 N–H and O–H groups in total. The number of amides is 2. The van der Waals surface area contributed by atoms with Crippen LogP contribution in [0.25, 0.3) is 0 Å². The SMILES string of the molecule is COCCOC(=O)C1=C(C)N(c2ccc(OC)cc2)C(=O)NC1c1ccc(OC(F)F)c(OC)c1. The van der Waals surface area contributed by atoms with Gasteiger partial charge in [-0.1, -0.05) is 6.07 Å². The van der Waals surface area contributed by atoms with Crippen LogP contribution in [0.1, 0.15) is 18.5 Å². The number of nitrogens with one attached hydrogen (secondary N) is 1. The lowest BCUT2D eigenvalue weighted by atomic mass is 9.94. The second-order valence-electron chi connectivity index (χ2n) is 7.33. The van der Waals surface area contributed by atoms with Crippen molar-refractivity contribution in [1.82, 2.24) is 5.32 Å². The largest absolute Gasteiger partial charge is 0.497 e. The Hall–Kier alpha value is -3.86. The Morgan fingerprint density at radius 1 is 1.03 bits per heavy atom. The number of ether oxygens (including phenoxy) is 5. The van der Waals surface area contributed by atoms with Crippen LogP contribution in [0, 0.1) is 0 Å². The van der Waals surface area contributed by atoms with Crippen LogP contribution in [0.2, 0.25) is 0 Å². The quantitative estimate of drug-likeness (QED) is 0.395. The number of methoxy groups -OCH3 is 3. The van der Waals surface area contributed by atoms with E-state index < -0.39 is 24.7 Å². The lowest BCUT2D eigenvalue weighted by Crippen LogP contribution is -2.48. The van der Waals surface area contributed by atoms with Crippen LogP contribution in [-0.2, 0) is 14.3 Å². The Kier molecular flexibility index (Phi) is 8.48. The number of carbonyl (C=O) groups excluding carboxylic acids is 2. The molecule has 0 radical (unpaired) electrons. The number of halogens is 2. The Morgan fingerprint density at radius 2 is 1.74 bits per heavy atom. The molecule has 1 atom stereocenters. The molecule has 0 aromatic heterocycles. The highest BCUT2D eigenvalue weighted by Gasteiger charge is 2.37. The molecule has 0 bridgehead atoms. The van der Waals surface area contributed by atoms with Crippen molar-refractivity contribution in [1.29, 1.82) is 0 Å². The van der Waals surface area contributed by atoms with Crippen molar-refractivity contribution in [2.75, 3.05) is 39.4 Å². The van der Waals surface area contributed by atoms with Gasteiger partial charge in [-0.15, -0.1) is 0 Å². The Bertz CT molecular complexity index is 1090. The molecule has 0 spiro atoms. The molecule has 9 nitrogen and oxygen atoms in total. The summed E-state index contributed by atoms with van der Waals surface area (Å²) in [5, 5.41) is 2.79. The van der Waals surface area contributed by atoms with E-state index in [0.29, 0.717) is 22.7 Å². The fraction of sp³-hybridized carbons (Fsp3) is 0.333. The van der Waals surface area contributed by atoms with Crippen molar-refractivity contribution in [3.8, 4) is 17.2 Å². The van der Waals surface area contributed by atoms with Gasteiger partial charge in [-0.2, -0.15) is 8.78 Å². The van der Waals surface area contributed by atoms with Crippen LogP contribution < -0.4 is 24.4 Å². The molecule has 1 aliphatic rings. The monoisotopic (exact) mass is 492 g/mol. The van der Waals surface area contributed by atoms with E-state index in [9.17, 15) is 18.4 Å². The van der Waals surface area contributed by atoms with Crippen molar-refractivity contribution in [2.24, 2.45) is 0 Å². The van der Waals surface area contributed by atoms with Crippen LogP contribution in [0.3, 0.4) is 0 Å². The fourth-order valence-electron chi connectivity index (χ4n) is 3.65. The molecule has 11 heteroatoms. The topological polar surface area (TPSA) is 95.6 Å². The van der Waals surface area contributed by atoms with Crippen molar-refractivity contribution >= 4 is 17.7 Å². The van der Waals surface area contributed by atoms with Gasteiger partial charge in [0.1, 0.15) is 12.4 Å². The second kappa shape index (κ2) is 11.5. The average Bonchev–Trinajstić information content (AvgIpc) is 2.84. The van der Waals surface area contributed by atoms with Crippen LogP contribution >= 0.6 is 0 Å². The van der Waals surface area contributed by atoms with Crippen molar-refractivity contribution in [3.63, 3.8) is 0 Å². The summed E-state index contributed by atoms with van der Waals surface area (Å²) >= 11 is 0. The summed E-state index contributed by atoms with van der Waals surface area (Å²) in [6, 6.07) is 9.44. The number of anilines is 1. The van der Waals surface area contributed by atoms with Crippen LogP contribution in [-0.4, -0.2) is 53.2 Å². The van der Waals surface area contributed by atoms with Gasteiger partial charge in [-0.3, -0.25) is 4.90 Å². The average molecular weight is 492 g/mol. The number of urea groups is 1. The van der Waals surface area contributed by atoms with Crippen molar-refractivity contribution < 1.29 is 42.1 Å². The lowest BCUT2D eigenvalue weighted by Gasteiger charge is -2.35. The van der Waals surface area contributed by atoms with E-state index in [1.54, 1.807) is 31.2 Å². The molecule has 1 heterocycles. The van der Waals surface area contributed by atoms with Gasteiger partial charge >= 0.3 is 18.6 Å². The van der Waals surface area contributed by atoms with Gasteiger partial charge in [0.15, 0.2) is 11.5 Å². The molecule has 1 aliphatic heterocycles. The van der Waals surface area contributed by atoms with Gasteiger partial charge in [0.25, 0.3) is 0 Å². The van der Waals surface area contributed by atoms with Crippen LogP contribution in [0.4, 0.5) is 19.3 Å². The minimum absolute atomic E-state index is 0.000195. The van der Waals surface area contributed by atoms with E-state index >= 15 is 0 Å². The van der Waals surface area contributed by atoms with Gasteiger partial charge < -0.3 is 29.0 Å². The molecule has 1 unspecified atom stereocenters. The van der Waals surface area contributed by atoms with E-state index in [2.05, 4.69) is 10.1 Å². The first-order valence-electron chi connectivity index (χ1n) is 10.5. The molecule has 0 aliphatic carbocycles. The number of rotatable bonds is 10. The normalized spacial score (nSPS) is 15.7. The smallest absolute Gasteiger partial charge is 0.387 e. The van der Waals surface area contributed by atoms with Gasteiger partial charge in [0.2, 0.25) is 0 Å². The highest BCUT2D eigenvalue weighted by molar-refractivity contribution is 6.03. The minimum Gasteiger partial charge on any atom is -0.497 e. The lowest BCUT2D eigenvalue weighted by molar-refractivity contribution is -0.140. The molecule has 2 aromatic carbocycles. The first kappa shape index (κ1) is 25.8. The summed E-state index contributed by atoms with van der Waals surface area (Å²) in [5.41, 5.74) is 1.39. The standard InChI is InChI=1S/C24H26F2N2O7/c1-14-20(22(29)34-12-11-31-2)21(15-5-10-18(35-23(25)26)19(13-15)33-4)27-24(30)28(14)16-6-8-17(32-3)9-7-16/h5-10,13,21,23H,11-12H2,1-4H3,(H,27,30). The van der Waals surface area contributed by atoms with E-state index in [1.807, 2.05) is 0 Å². The third-order valence-corrected chi connectivity index (χ3v) is 5.29. The Morgan fingerprint density at radius 3 is 2.34 bits per heavy atom. The third-order valence-electron chi connectivity index (χ3n) is 5.29. The summed E-state index contributed by atoms with van der Waals surface area (Å²) in [4.78, 5) is 27.6. The van der Waals surface area contributed by atoms with E-state index in [0.717, 1.165) is 0 Å². The number of alkyl halides is 2. The summed E-state index contributed by atoms with van der Waals surface area (Å²) in [6.45, 7) is -1.24. The summed E-state index contributed by atoms with van der Waals surface area (Å²) in [5.74, 6) is -0.240. The molecule has 2 amide bonds. The number of benzene rings is 2. The number of esters is 1. The maximum atomic E-state index is 13.2. The van der Waals surface area contributed by atoms with E-state index in [4.69, 9.17) is 18.9 Å². The number of allylic oxidation sites excluding steroid dienone is 1. The molecular weight excluding hydrogens is 466 g/mol. The molecule has 0 fully saturated rings. The van der Waals surface area contributed by atoms with Crippen LogP contribution in [0.5, 0.6) is 17.2 Å². The van der Waals surface area contributed by atoms with Crippen LogP contribution in [0.15, 0.2) is 53.7 Å². The van der Waals surface area contributed by atoms with Gasteiger partial charge in [0, 0.05) is 12.8 Å². The first-order chi connectivity index (χ1) is 16.8. The number of hydrogen-bond donors (Lipinski definition) is 1. The van der Waals surface area contributed by atoms with E-state index in [1.165, 1.54) is 44.4 Å². The Balaban J connectivity index is 2.07. The zero-order valence-corrected chi connectivity index (χ0v) is 19.7. The molecule has 35 heavy (non-hydrogen) atoms. The molecule has 188 valence electrons. The Labute approximate surface area is 201 Å². The third kappa shape index (κ3) is 5.80. The molecule has 0 saturated heterocycles. The molecular formula is C24H26F2N2O7. The summed E-state index contributed by atoms with van der Waals surface area (Å²) in [7, 11) is 4.30. The van der Waals surface area contributed by atoms with Gasteiger partial charge in [-0.05, 0) is 48.9 Å². The van der Waals surface area contributed by atoms with Crippen molar-refractivity contribution in [3.05, 3.63) is 59.3 Å². The molecule has 2 aromatic rings. The van der Waals surface area contributed by atoms with E-state index in [-0.39, 0.29) is 30.3 Å². The maximum absolute atomic E-state index is 13.2. The fourth-order valence-corrected chi connectivity index (χ4v) is 3.65. The second-order valence-corrected chi connectivity index (χ2v) is 7.33. The highest BCUT2D eigenvalue weighted by atomic mass is 19.3. The molecule has 3 rings (SSSR count). The van der Waals surface area contributed by atoms with Gasteiger partial charge in [-0.25, -0.2) is 9.59 Å². The van der Waals surface area contributed by atoms with Gasteiger partial charge in [0.05, 0.1) is 38.1 Å². The number of carbonyl (C=O) groups is 2. The zero-order valence-electron chi connectivity index (χ0n) is 19.7. The number of hydrogen-bond acceptors (Lipinski definition) is 7. The number of nitrogens with zero attached hydrogens (tertiary/aromatic N) is 1. The summed E-state index contributed by atoms with van der Waals surface area (Å²) < 4.78 is 50.6. The predicted molar refractivity (Wildman–Crippen MR) is 122 cm³/mol. The first-order valence-corrected chi connectivity index (χ1v) is 10.5. The highest BCUT2D eigenvalue weighted by Crippen LogP contribution is 2.38. The summed E-state index contributed by atoms with van der Waals surface area (Å²) in [6.07, 6.45) is 0. The zero-order chi connectivity index (χ0) is 25.5. The maximum Gasteiger partial charge on any atom is 0.387 e. The van der Waals surface area contributed by atoms with Crippen molar-refractivity contribution in [2.45, 2.75) is 19.6 Å².